The van der Waals surface area contributed by atoms with Gasteiger partial charge in [0.1, 0.15) is 46.0 Å². The van der Waals surface area contributed by atoms with Gasteiger partial charge in [-0.15, -0.1) is 0 Å². The van der Waals surface area contributed by atoms with Gasteiger partial charge in [0.2, 0.25) is 0 Å². The van der Waals surface area contributed by atoms with E-state index in [2.05, 4.69) is 6.07 Å². The summed E-state index contributed by atoms with van der Waals surface area (Å²) in [5, 5.41) is 0. The third-order valence-electron chi connectivity index (χ3n) is 7.71. The molecule has 5 aromatic carbocycles. The maximum Gasteiger partial charge on any atom is 0.438 e. The fraction of sp³-hybridized carbons (Fsp3) is 0.0323. The minimum atomic E-state index is -0.446. The number of para-hydroxylation sites is 4. The van der Waals surface area contributed by atoms with Crippen molar-refractivity contribution < 1.29 is 28.3 Å². The van der Waals surface area contributed by atoms with E-state index in [1.54, 1.807) is 0 Å². The van der Waals surface area contributed by atoms with Gasteiger partial charge in [-0.1, -0.05) is 42.5 Å². The average Bonchev–Trinajstić information content (AvgIpc) is 3.24. The van der Waals surface area contributed by atoms with Crippen LogP contribution in [-0.2, 0) is 0 Å². The van der Waals surface area contributed by atoms with Crippen LogP contribution < -0.4 is 50.1 Å². The lowest BCUT2D eigenvalue weighted by Crippen LogP contribution is -2.56. The van der Waals surface area contributed by atoms with Gasteiger partial charge in [-0.05, 0) is 55.5 Å². The summed E-state index contributed by atoms with van der Waals surface area (Å²) in [6.45, 7) is 1.13. The molecule has 0 aromatic heterocycles. The fourth-order valence-electron chi connectivity index (χ4n) is 5.95. The van der Waals surface area contributed by atoms with Gasteiger partial charge >= 0.3 is 13.8 Å². The van der Waals surface area contributed by atoms with Crippen LogP contribution in [0.25, 0.3) is 0 Å². The highest BCUT2D eigenvalue weighted by Gasteiger charge is 2.46. The second-order valence-corrected chi connectivity index (χ2v) is 9.97. The van der Waals surface area contributed by atoms with E-state index >= 15 is 0 Å². The Morgan fingerprint density at radius 1 is 0.436 bits per heavy atom. The monoisotopic (exact) mass is 508 g/mol. The highest BCUT2D eigenvalue weighted by Crippen LogP contribution is 2.43. The van der Waals surface area contributed by atoms with Crippen LogP contribution in [0.15, 0.2) is 91.0 Å². The Morgan fingerprint density at radius 3 is 1.28 bits per heavy atom. The standard InChI is InChI=1S/C31H18B2O6/c1-17-30-18(32-28-24(12-6-14-26(28)36-30)34-20-8-2-4-10-22(20)38-32)16-19-31(17)37-27-15-7-13-25-29(27)33(19)39-23-11-5-3-9-21(23)35-25/h2-16H,1H3. The molecule has 0 fully saturated rings. The Labute approximate surface area is 224 Å². The maximum atomic E-state index is 6.68. The summed E-state index contributed by atoms with van der Waals surface area (Å²) in [4.78, 5) is 0. The zero-order valence-electron chi connectivity index (χ0n) is 20.8. The second-order valence-electron chi connectivity index (χ2n) is 9.97. The number of hydrogen-bond donors (Lipinski definition) is 0. The van der Waals surface area contributed by atoms with Crippen LogP contribution in [0.1, 0.15) is 5.56 Å². The van der Waals surface area contributed by atoms with Crippen molar-refractivity contribution in [3.8, 4) is 57.5 Å². The highest BCUT2D eigenvalue weighted by molar-refractivity contribution is 6.86. The zero-order chi connectivity index (χ0) is 25.7. The van der Waals surface area contributed by atoms with Crippen LogP contribution in [0.4, 0.5) is 0 Å². The lowest BCUT2D eigenvalue weighted by atomic mass is 9.48. The van der Waals surface area contributed by atoms with E-state index in [0.29, 0.717) is 57.5 Å². The number of ether oxygens (including phenoxy) is 4. The molecule has 4 aliphatic heterocycles. The molecule has 184 valence electrons. The van der Waals surface area contributed by atoms with Gasteiger partial charge in [0, 0.05) is 16.5 Å². The lowest BCUT2D eigenvalue weighted by molar-refractivity contribution is 0.450. The smallest absolute Gasteiger partial charge is 0.438 e. The van der Waals surface area contributed by atoms with Gasteiger partial charge in [-0.2, -0.15) is 0 Å². The van der Waals surface area contributed by atoms with E-state index in [-0.39, 0.29) is 0 Å². The van der Waals surface area contributed by atoms with Gasteiger partial charge in [0.15, 0.2) is 11.5 Å². The van der Waals surface area contributed by atoms with Crippen LogP contribution in [0.2, 0.25) is 0 Å². The minimum Gasteiger partial charge on any atom is -0.549 e. The van der Waals surface area contributed by atoms with Crippen LogP contribution in [0.3, 0.4) is 0 Å². The molecule has 0 saturated carbocycles. The molecular weight excluding hydrogens is 490 g/mol. The fourth-order valence-corrected chi connectivity index (χ4v) is 5.95. The zero-order valence-corrected chi connectivity index (χ0v) is 20.8. The molecule has 0 N–H and O–H groups in total. The number of fused-ring (bicyclic) bond motifs is 6. The van der Waals surface area contributed by atoms with Crippen molar-refractivity contribution in [1.82, 2.24) is 0 Å². The van der Waals surface area contributed by atoms with E-state index in [1.807, 2.05) is 91.9 Å². The van der Waals surface area contributed by atoms with Crippen molar-refractivity contribution in [2.45, 2.75) is 6.92 Å². The first kappa shape index (κ1) is 21.0. The molecular formula is C31H18B2O6. The SMILES string of the molecule is Cc1c2c(cc3c1Oc1cccc4c1B3Oc1ccccc1O4)B1Oc3ccccc3Oc3cccc(c31)O2. The molecule has 0 bridgehead atoms. The molecule has 0 unspecified atom stereocenters. The topological polar surface area (TPSA) is 55.4 Å². The summed E-state index contributed by atoms with van der Waals surface area (Å²) in [6, 6.07) is 29.2. The van der Waals surface area contributed by atoms with Gasteiger partial charge in [0.25, 0.3) is 0 Å². The van der Waals surface area contributed by atoms with Crippen LogP contribution in [0.5, 0.6) is 57.5 Å². The lowest BCUT2D eigenvalue weighted by Gasteiger charge is -2.32. The molecule has 0 amide bonds. The molecule has 0 radical (unpaired) electrons. The summed E-state index contributed by atoms with van der Waals surface area (Å²) in [5.41, 5.74) is 4.36. The Kier molecular flexibility index (Phi) is 4.06. The molecule has 9 rings (SSSR count). The molecule has 8 heteroatoms. The first-order valence-corrected chi connectivity index (χ1v) is 12.9. The minimum absolute atomic E-state index is 0.446. The molecule has 4 aliphatic rings. The summed E-state index contributed by atoms with van der Waals surface area (Å²) in [5.74, 6) is 6.93. The van der Waals surface area contributed by atoms with E-state index in [1.165, 1.54) is 0 Å². The molecule has 6 nitrogen and oxygen atoms in total. The highest BCUT2D eigenvalue weighted by atomic mass is 16.5. The van der Waals surface area contributed by atoms with Crippen LogP contribution in [0, 0.1) is 6.92 Å². The summed E-state index contributed by atoms with van der Waals surface area (Å²) in [7, 11) is 0. The van der Waals surface area contributed by atoms with E-state index < -0.39 is 13.8 Å². The maximum absolute atomic E-state index is 6.68. The van der Waals surface area contributed by atoms with Crippen LogP contribution >= 0.6 is 0 Å². The predicted molar refractivity (Wildman–Crippen MR) is 149 cm³/mol. The Bertz CT molecular complexity index is 1740. The summed E-state index contributed by atoms with van der Waals surface area (Å²) in [6.07, 6.45) is 0. The van der Waals surface area contributed by atoms with Crippen molar-refractivity contribution in [3.63, 3.8) is 0 Å². The second kappa shape index (κ2) is 7.54. The third kappa shape index (κ3) is 2.88. The molecule has 0 spiro atoms. The molecule has 39 heavy (non-hydrogen) atoms. The number of hydrogen-bond acceptors (Lipinski definition) is 6. The van der Waals surface area contributed by atoms with Crippen LogP contribution in [-0.4, -0.2) is 13.8 Å². The summed E-state index contributed by atoms with van der Waals surface area (Å²) < 4.78 is 39.1. The summed E-state index contributed by atoms with van der Waals surface area (Å²) >= 11 is 0. The molecule has 0 saturated heterocycles. The third-order valence-corrected chi connectivity index (χ3v) is 7.71. The van der Waals surface area contributed by atoms with Crippen molar-refractivity contribution >= 4 is 35.7 Å². The molecule has 5 aromatic rings. The Balaban J connectivity index is 1.28. The Morgan fingerprint density at radius 2 is 0.821 bits per heavy atom. The number of benzene rings is 5. The molecule has 4 heterocycles. The quantitative estimate of drug-likeness (QED) is 0.281. The molecule has 0 atom stereocenters. The van der Waals surface area contributed by atoms with Crippen molar-refractivity contribution in [1.29, 1.82) is 0 Å². The molecule has 0 aliphatic carbocycles. The number of rotatable bonds is 0. The van der Waals surface area contributed by atoms with Gasteiger partial charge in [-0.3, -0.25) is 0 Å². The average molecular weight is 508 g/mol. The van der Waals surface area contributed by atoms with Gasteiger partial charge in [0.05, 0.1) is 10.9 Å². The van der Waals surface area contributed by atoms with Gasteiger partial charge in [-0.25, -0.2) is 0 Å². The first-order valence-electron chi connectivity index (χ1n) is 12.9. The van der Waals surface area contributed by atoms with Crippen molar-refractivity contribution in [2.75, 3.05) is 0 Å². The predicted octanol–water partition coefficient (Wildman–Crippen LogP) is 4.79. The Hall–Kier alpha value is -4.97. The van der Waals surface area contributed by atoms with E-state index in [0.717, 1.165) is 27.4 Å². The van der Waals surface area contributed by atoms with Gasteiger partial charge < -0.3 is 28.3 Å². The largest absolute Gasteiger partial charge is 0.549 e. The van der Waals surface area contributed by atoms with E-state index in [4.69, 9.17) is 28.3 Å². The van der Waals surface area contributed by atoms with E-state index in [9.17, 15) is 0 Å². The van der Waals surface area contributed by atoms with Crippen molar-refractivity contribution in [2.24, 2.45) is 0 Å². The van der Waals surface area contributed by atoms with Crippen molar-refractivity contribution in [3.05, 3.63) is 96.6 Å². The normalized spacial score (nSPS) is 14.4. The first-order chi connectivity index (χ1) is 19.2.